The first kappa shape index (κ1) is 14.2. The second kappa shape index (κ2) is 5.14. The Bertz CT molecular complexity index is 1220. The number of thiazole rings is 1. The van der Waals surface area contributed by atoms with Gasteiger partial charge in [-0.1, -0.05) is 46.7 Å². The molecule has 0 aliphatic heterocycles. The van der Waals surface area contributed by atoms with E-state index in [-0.39, 0.29) is 0 Å². The highest BCUT2D eigenvalue weighted by molar-refractivity contribution is 7.23. The Morgan fingerprint density at radius 3 is 2.46 bits per heavy atom. The van der Waals surface area contributed by atoms with E-state index >= 15 is 0 Å². The molecule has 0 aliphatic carbocycles. The van der Waals surface area contributed by atoms with Crippen LogP contribution in [0.4, 0.5) is 0 Å². The lowest BCUT2D eigenvalue weighted by Gasteiger charge is -1.98. The number of nitrogens with zero attached hydrogens (tertiary/aromatic N) is 4. The van der Waals surface area contributed by atoms with Gasteiger partial charge in [-0.15, -0.1) is 0 Å². The minimum atomic E-state index is 0.655. The van der Waals surface area contributed by atoms with Gasteiger partial charge in [0.05, 0.1) is 16.7 Å². The molecule has 0 radical (unpaired) electrons. The zero-order chi connectivity index (χ0) is 16.3. The lowest BCUT2D eigenvalue weighted by Crippen LogP contribution is -1.87. The third-order valence-corrected chi connectivity index (χ3v) is 5.23. The smallest absolute Gasteiger partial charge is 0.198 e. The largest absolute Gasteiger partial charge is 0.272 e. The van der Waals surface area contributed by atoms with Crippen molar-refractivity contribution in [1.29, 1.82) is 0 Å². The second-order valence-electron chi connectivity index (χ2n) is 5.37. The van der Waals surface area contributed by atoms with Crippen LogP contribution >= 0.6 is 34.5 Å². The topological polar surface area (TPSA) is 43.1 Å². The SMILES string of the molecule is Clc1ccc(-c2cn3c(n2)sc2nc4cc(Cl)ccc4nc23)cc1. The molecule has 0 fully saturated rings. The first-order valence-corrected chi connectivity index (χ1v) is 8.75. The summed E-state index contributed by atoms with van der Waals surface area (Å²) < 4.78 is 1.98. The normalized spacial score (nSPS) is 11.8. The molecule has 4 nitrogen and oxygen atoms in total. The van der Waals surface area contributed by atoms with Crippen LogP contribution in [0.25, 0.3) is 37.7 Å². The summed E-state index contributed by atoms with van der Waals surface area (Å²) in [5.74, 6) is 0. The average Bonchev–Trinajstić information content (AvgIpc) is 3.11. The summed E-state index contributed by atoms with van der Waals surface area (Å²) in [6.45, 7) is 0. The van der Waals surface area contributed by atoms with Crippen LogP contribution < -0.4 is 0 Å². The molecular weight excluding hydrogens is 363 g/mol. The van der Waals surface area contributed by atoms with Gasteiger partial charge in [-0.05, 0) is 30.3 Å². The van der Waals surface area contributed by atoms with Gasteiger partial charge in [0, 0.05) is 21.8 Å². The first-order chi connectivity index (χ1) is 11.7. The molecule has 0 unspecified atom stereocenters. The molecule has 0 spiro atoms. The third-order valence-electron chi connectivity index (χ3n) is 3.81. The van der Waals surface area contributed by atoms with Crippen molar-refractivity contribution in [2.75, 3.05) is 0 Å². The Kier molecular flexibility index (Phi) is 3.03. The van der Waals surface area contributed by atoms with E-state index in [1.54, 1.807) is 0 Å². The number of aromatic nitrogens is 4. The Hall–Kier alpha value is -2.21. The molecule has 0 aliphatic rings. The van der Waals surface area contributed by atoms with Gasteiger partial charge in [0.1, 0.15) is 0 Å². The van der Waals surface area contributed by atoms with Crippen molar-refractivity contribution in [2.24, 2.45) is 0 Å². The van der Waals surface area contributed by atoms with Crippen LogP contribution in [0.3, 0.4) is 0 Å². The van der Waals surface area contributed by atoms with E-state index in [9.17, 15) is 0 Å². The Balaban J connectivity index is 1.75. The summed E-state index contributed by atoms with van der Waals surface area (Å²) >= 11 is 13.5. The summed E-state index contributed by atoms with van der Waals surface area (Å²) in [5.41, 5.74) is 4.31. The van der Waals surface area contributed by atoms with E-state index in [0.29, 0.717) is 10.0 Å². The highest BCUT2D eigenvalue weighted by Crippen LogP contribution is 2.29. The van der Waals surface area contributed by atoms with Crippen LogP contribution in [0.1, 0.15) is 0 Å². The van der Waals surface area contributed by atoms with Gasteiger partial charge in [0.15, 0.2) is 15.4 Å². The number of hydrogen-bond donors (Lipinski definition) is 0. The number of rotatable bonds is 1. The average molecular weight is 371 g/mol. The third kappa shape index (κ3) is 2.17. The Morgan fingerprint density at radius 1 is 0.833 bits per heavy atom. The molecule has 7 heteroatoms. The molecule has 3 heterocycles. The predicted molar refractivity (Wildman–Crippen MR) is 99.1 cm³/mol. The van der Waals surface area contributed by atoms with Crippen molar-refractivity contribution >= 4 is 61.0 Å². The summed E-state index contributed by atoms with van der Waals surface area (Å²) in [6.07, 6.45) is 1.98. The van der Waals surface area contributed by atoms with Crippen LogP contribution in [-0.4, -0.2) is 19.4 Å². The number of hydrogen-bond acceptors (Lipinski definition) is 4. The zero-order valence-electron chi connectivity index (χ0n) is 12.1. The molecule has 5 aromatic rings. The molecule has 0 N–H and O–H groups in total. The van der Waals surface area contributed by atoms with E-state index in [1.807, 2.05) is 53.1 Å². The van der Waals surface area contributed by atoms with Crippen LogP contribution in [0.15, 0.2) is 48.7 Å². The van der Waals surface area contributed by atoms with E-state index < -0.39 is 0 Å². The number of imidazole rings is 1. The maximum atomic E-state index is 6.04. The number of benzene rings is 2. The molecule has 116 valence electrons. The lowest BCUT2D eigenvalue weighted by atomic mass is 10.2. The fourth-order valence-corrected chi connectivity index (χ4v) is 3.89. The van der Waals surface area contributed by atoms with Gasteiger partial charge in [-0.3, -0.25) is 4.40 Å². The summed E-state index contributed by atoms with van der Waals surface area (Å²) in [7, 11) is 0. The van der Waals surface area contributed by atoms with Gasteiger partial charge < -0.3 is 0 Å². The standard InChI is InChI=1S/C17H8Cl2N4S/c18-10-3-1-9(2-4-10)14-8-23-15-16(24-17(23)22-14)21-13-7-11(19)5-6-12(13)20-15/h1-8H. The fourth-order valence-electron chi connectivity index (χ4n) is 2.66. The first-order valence-electron chi connectivity index (χ1n) is 7.18. The van der Waals surface area contributed by atoms with E-state index in [4.69, 9.17) is 33.2 Å². The molecule has 0 saturated carbocycles. The Morgan fingerprint density at radius 2 is 1.62 bits per heavy atom. The number of halogens is 2. The quantitative estimate of drug-likeness (QED) is 0.393. The molecule has 24 heavy (non-hydrogen) atoms. The van der Waals surface area contributed by atoms with Crippen molar-refractivity contribution in [3.8, 4) is 11.3 Å². The van der Waals surface area contributed by atoms with Crippen molar-refractivity contribution in [2.45, 2.75) is 0 Å². The molecule has 0 bridgehead atoms. The monoisotopic (exact) mass is 370 g/mol. The van der Waals surface area contributed by atoms with Gasteiger partial charge in [0.25, 0.3) is 0 Å². The predicted octanol–water partition coefficient (Wildman–Crippen LogP) is 5.47. The maximum Gasteiger partial charge on any atom is 0.198 e. The fraction of sp³-hybridized carbons (Fsp3) is 0. The molecule has 0 atom stereocenters. The maximum absolute atomic E-state index is 6.04. The summed E-state index contributed by atoms with van der Waals surface area (Å²) in [5, 5.41) is 1.36. The van der Waals surface area contributed by atoms with Gasteiger partial charge in [-0.2, -0.15) is 0 Å². The highest BCUT2D eigenvalue weighted by atomic mass is 35.5. The number of fused-ring (bicyclic) bond motifs is 4. The van der Waals surface area contributed by atoms with Crippen LogP contribution in [0.2, 0.25) is 10.0 Å². The lowest BCUT2D eigenvalue weighted by molar-refractivity contribution is 1.23. The van der Waals surface area contributed by atoms with Gasteiger partial charge >= 0.3 is 0 Å². The zero-order valence-corrected chi connectivity index (χ0v) is 14.4. The summed E-state index contributed by atoms with van der Waals surface area (Å²) in [4.78, 5) is 15.8. The molecule has 3 aromatic heterocycles. The molecule has 2 aromatic carbocycles. The van der Waals surface area contributed by atoms with E-state index in [0.717, 1.165) is 37.7 Å². The molecule has 0 amide bonds. The van der Waals surface area contributed by atoms with Crippen molar-refractivity contribution in [1.82, 2.24) is 19.4 Å². The van der Waals surface area contributed by atoms with Crippen LogP contribution in [-0.2, 0) is 0 Å². The van der Waals surface area contributed by atoms with Gasteiger partial charge in [-0.25, -0.2) is 15.0 Å². The van der Waals surface area contributed by atoms with Crippen molar-refractivity contribution in [3.05, 3.63) is 58.7 Å². The Labute approximate surface area is 150 Å². The molecule has 5 rings (SSSR count). The van der Waals surface area contributed by atoms with Crippen LogP contribution in [0, 0.1) is 0 Å². The minimum absolute atomic E-state index is 0.655. The van der Waals surface area contributed by atoms with E-state index in [1.165, 1.54) is 11.3 Å². The van der Waals surface area contributed by atoms with Crippen molar-refractivity contribution < 1.29 is 0 Å². The minimum Gasteiger partial charge on any atom is -0.272 e. The molecular formula is C17H8Cl2N4S. The highest BCUT2D eigenvalue weighted by Gasteiger charge is 2.13. The van der Waals surface area contributed by atoms with Gasteiger partial charge in [0.2, 0.25) is 0 Å². The van der Waals surface area contributed by atoms with Crippen LogP contribution in [0.5, 0.6) is 0 Å². The van der Waals surface area contributed by atoms with Crippen molar-refractivity contribution in [3.63, 3.8) is 0 Å². The second-order valence-corrected chi connectivity index (χ2v) is 7.20. The van der Waals surface area contributed by atoms with E-state index in [2.05, 4.69) is 4.98 Å². The molecule has 0 saturated heterocycles. The summed E-state index contributed by atoms with van der Waals surface area (Å²) in [6, 6.07) is 13.2.